The number of hydrogen-bond donors (Lipinski definition) is 1. The number of rotatable bonds is 5. The van der Waals surface area contributed by atoms with Gasteiger partial charge < -0.3 is 14.6 Å². The van der Waals surface area contributed by atoms with E-state index in [1.807, 2.05) is 12.1 Å². The molecule has 1 unspecified atom stereocenters. The summed E-state index contributed by atoms with van der Waals surface area (Å²) in [4.78, 5) is 10.7. The highest BCUT2D eigenvalue weighted by Crippen LogP contribution is 2.40. The van der Waals surface area contributed by atoms with E-state index in [1.165, 1.54) is 0 Å². The fraction of sp³-hybridized carbons (Fsp3) is 0.417. The number of carboxylic acids is 1. The molecular weight excluding hydrogens is 276 g/mol. The van der Waals surface area contributed by atoms with Crippen molar-refractivity contribution in [2.75, 3.05) is 12.5 Å². The molecule has 18 heavy (non-hydrogen) atoms. The van der Waals surface area contributed by atoms with Gasteiger partial charge in [-0.15, -0.1) is 0 Å². The van der Waals surface area contributed by atoms with Gasteiger partial charge in [-0.1, -0.05) is 18.5 Å². The standard InChI is InChI=1S/C12H13ClO4S/c1-7(12(14)15)4-18-5-8-2-9(13)11-10(3-8)16-6-17-11/h2-3,7H,4-6H2,1H3,(H,14,15). The number of aliphatic carboxylic acids is 1. The number of carboxylic acid groups (broad SMARTS) is 1. The van der Waals surface area contributed by atoms with Gasteiger partial charge in [-0.25, -0.2) is 0 Å². The zero-order valence-electron chi connectivity index (χ0n) is 9.81. The normalized spacial score (nSPS) is 14.6. The highest BCUT2D eigenvalue weighted by Gasteiger charge is 2.18. The second-order valence-electron chi connectivity index (χ2n) is 4.07. The topological polar surface area (TPSA) is 55.8 Å². The lowest BCUT2D eigenvalue weighted by Crippen LogP contribution is -2.11. The number of thioether (sulfide) groups is 1. The molecule has 0 aliphatic carbocycles. The van der Waals surface area contributed by atoms with E-state index in [1.54, 1.807) is 18.7 Å². The average molecular weight is 289 g/mol. The van der Waals surface area contributed by atoms with Crippen LogP contribution in [0.15, 0.2) is 12.1 Å². The van der Waals surface area contributed by atoms with Crippen LogP contribution >= 0.6 is 23.4 Å². The maximum absolute atomic E-state index is 10.7. The number of hydrogen-bond acceptors (Lipinski definition) is 4. The summed E-state index contributed by atoms with van der Waals surface area (Å²) < 4.78 is 10.5. The van der Waals surface area contributed by atoms with Crippen molar-refractivity contribution in [3.63, 3.8) is 0 Å². The largest absolute Gasteiger partial charge is 0.481 e. The van der Waals surface area contributed by atoms with Gasteiger partial charge in [-0.05, 0) is 17.7 Å². The number of ether oxygens (including phenoxy) is 2. The molecule has 1 heterocycles. The first-order valence-corrected chi connectivity index (χ1v) is 6.99. The van der Waals surface area contributed by atoms with Crippen molar-refractivity contribution in [3.05, 3.63) is 22.7 Å². The van der Waals surface area contributed by atoms with Crippen LogP contribution in [0.4, 0.5) is 0 Å². The fourth-order valence-corrected chi connectivity index (χ4v) is 2.83. The average Bonchev–Trinajstić information content (AvgIpc) is 2.77. The molecule has 1 N–H and O–H groups in total. The van der Waals surface area contributed by atoms with Gasteiger partial charge in [0.25, 0.3) is 0 Å². The molecule has 0 saturated heterocycles. The SMILES string of the molecule is CC(CSCc1cc(Cl)c2c(c1)OCO2)C(=O)O. The lowest BCUT2D eigenvalue weighted by atomic mass is 10.2. The first-order valence-electron chi connectivity index (χ1n) is 5.46. The zero-order chi connectivity index (χ0) is 13.1. The van der Waals surface area contributed by atoms with E-state index in [0.29, 0.717) is 28.0 Å². The van der Waals surface area contributed by atoms with Gasteiger partial charge in [0, 0.05) is 11.5 Å². The molecule has 0 aromatic heterocycles. The number of fused-ring (bicyclic) bond motifs is 1. The molecular formula is C12H13ClO4S. The second kappa shape index (κ2) is 5.71. The fourth-order valence-electron chi connectivity index (χ4n) is 1.53. The minimum absolute atomic E-state index is 0.196. The van der Waals surface area contributed by atoms with Crippen LogP contribution in [-0.2, 0) is 10.5 Å². The van der Waals surface area contributed by atoms with E-state index in [9.17, 15) is 4.79 Å². The van der Waals surface area contributed by atoms with Gasteiger partial charge in [-0.2, -0.15) is 11.8 Å². The number of carbonyl (C=O) groups is 1. The lowest BCUT2D eigenvalue weighted by molar-refractivity contribution is -0.140. The quantitative estimate of drug-likeness (QED) is 0.902. The molecule has 2 rings (SSSR count). The van der Waals surface area contributed by atoms with Gasteiger partial charge in [0.05, 0.1) is 10.9 Å². The third kappa shape index (κ3) is 3.03. The molecule has 1 aromatic rings. The Labute approximate surface area is 114 Å². The van der Waals surface area contributed by atoms with Crippen molar-refractivity contribution >= 4 is 29.3 Å². The Kier molecular flexibility index (Phi) is 4.24. The summed E-state index contributed by atoms with van der Waals surface area (Å²) in [6, 6.07) is 3.71. The number of benzene rings is 1. The highest BCUT2D eigenvalue weighted by molar-refractivity contribution is 7.98. The summed E-state index contributed by atoms with van der Waals surface area (Å²) in [5.41, 5.74) is 1.01. The predicted molar refractivity (Wildman–Crippen MR) is 70.5 cm³/mol. The Balaban J connectivity index is 1.94. The summed E-state index contributed by atoms with van der Waals surface area (Å²) in [5.74, 6) is 1.40. The predicted octanol–water partition coefficient (Wildman–Crippen LogP) is 3.02. The van der Waals surface area contributed by atoms with Crippen molar-refractivity contribution in [1.29, 1.82) is 0 Å². The van der Waals surface area contributed by atoms with Gasteiger partial charge in [0.2, 0.25) is 6.79 Å². The van der Waals surface area contributed by atoms with Crippen molar-refractivity contribution in [2.45, 2.75) is 12.7 Å². The minimum atomic E-state index is -0.772. The maximum Gasteiger partial charge on any atom is 0.307 e. The third-order valence-corrected chi connectivity index (χ3v) is 4.10. The molecule has 0 bridgehead atoms. The summed E-state index contributed by atoms with van der Waals surface area (Å²) >= 11 is 7.62. The van der Waals surface area contributed by atoms with Gasteiger partial charge in [0.1, 0.15) is 0 Å². The minimum Gasteiger partial charge on any atom is -0.481 e. The smallest absolute Gasteiger partial charge is 0.307 e. The summed E-state index contributed by atoms with van der Waals surface area (Å²) in [6.07, 6.45) is 0. The van der Waals surface area contributed by atoms with E-state index < -0.39 is 5.97 Å². The summed E-state index contributed by atoms with van der Waals surface area (Å²) in [6.45, 7) is 1.89. The summed E-state index contributed by atoms with van der Waals surface area (Å²) in [5, 5.41) is 9.31. The van der Waals surface area contributed by atoms with Gasteiger partial charge in [0.15, 0.2) is 11.5 Å². The molecule has 0 fully saturated rings. The van der Waals surface area contributed by atoms with Crippen LogP contribution in [-0.4, -0.2) is 23.6 Å². The van der Waals surface area contributed by atoms with Crippen LogP contribution in [0, 0.1) is 5.92 Å². The summed E-state index contributed by atoms with van der Waals surface area (Å²) in [7, 11) is 0. The Morgan fingerprint density at radius 3 is 3.06 bits per heavy atom. The van der Waals surface area contributed by atoms with Crippen LogP contribution in [0.2, 0.25) is 5.02 Å². The molecule has 0 radical (unpaired) electrons. The Morgan fingerprint density at radius 1 is 1.56 bits per heavy atom. The van der Waals surface area contributed by atoms with Crippen molar-refractivity contribution in [2.24, 2.45) is 5.92 Å². The Morgan fingerprint density at radius 2 is 2.33 bits per heavy atom. The monoisotopic (exact) mass is 288 g/mol. The molecule has 1 atom stereocenters. The van der Waals surface area contributed by atoms with Gasteiger partial charge in [-0.3, -0.25) is 4.79 Å². The van der Waals surface area contributed by atoms with Crippen LogP contribution < -0.4 is 9.47 Å². The molecule has 0 amide bonds. The van der Waals surface area contributed by atoms with E-state index in [-0.39, 0.29) is 12.7 Å². The van der Waals surface area contributed by atoms with Gasteiger partial charge >= 0.3 is 5.97 Å². The maximum atomic E-state index is 10.7. The van der Waals surface area contributed by atoms with Crippen LogP contribution in [0.5, 0.6) is 11.5 Å². The molecule has 1 aliphatic heterocycles. The molecule has 98 valence electrons. The van der Waals surface area contributed by atoms with Crippen molar-refractivity contribution < 1.29 is 19.4 Å². The highest BCUT2D eigenvalue weighted by atomic mass is 35.5. The Hall–Kier alpha value is -1.07. The molecule has 0 spiro atoms. The van der Waals surface area contributed by atoms with E-state index in [2.05, 4.69) is 0 Å². The molecule has 0 saturated carbocycles. The van der Waals surface area contributed by atoms with E-state index >= 15 is 0 Å². The van der Waals surface area contributed by atoms with Crippen LogP contribution in [0.1, 0.15) is 12.5 Å². The van der Waals surface area contributed by atoms with Crippen molar-refractivity contribution in [3.8, 4) is 11.5 Å². The van der Waals surface area contributed by atoms with E-state index in [4.69, 9.17) is 26.2 Å². The van der Waals surface area contributed by atoms with Crippen LogP contribution in [0.25, 0.3) is 0 Å². The second-order valence-corrected chi connectivity index (χ2v) is 5.50. The van der Waals surface area contributed by atoms with Crippen LogP contribution in [0.3, 0.4) is 0 Å². The molecule has 4 nitrogen and oxygen atoms in total. The zero-order valence-corrected chi connectivity index (χ0v) is 11.4. The molecule has 1 aliphatic rings. The third-order valence-electron chi connectivity index (χ3n) is 2.55. The number of halogens is 1. The van der Waals surface area contributed by atoms with Crippen molar-refractivity contribution in [1.82, 2.24) is 0 Å². The first kappa shape index (κ1) is 13.4. The first-order chi connectivity index (χ1) is 8.58. The molecule has 1 aromatic carbocycles. The lowest BCUT2D eigenvalue weighted by Gasteiger charge is -2.07. The molecule has 6 heteroatoms. The van der Waals surface area contributed by atoms with E-state index in [0.717, 1.165) is 5.56 Å². The Bertz CT molecular complexity index is 464.